The van der Waals surface area contributed by atoms with Crippen molar-refractivity contribution in [3.63, 3.8) is 0 Å². The van der Waals surface area contributed by atoms with Crippen LogP contribution in [0.2, 0.25) is 0 Å². The molecule has 1 aliphatic heterocycles. The van der Waals surface area contributed by atoms with Gasteiger partial charge in [-0.1, -0.05) is 54.2 Å². The molecule has 4 rings (SSSR count). The summed E-state index contributed by atoms with van der Waals surface area (Å²) in [4.78, 5) is 14.4. The molecular formula is C20H14O2S. The van der Waals surface area contributed by atoms with Crippen LogP contribution in [0.1, 0.15) is 15.9 Å². The molecule has 0 saturated carbocycles. The maximum atomic E-state index is 12.6. The lowest BCUT2D eigenvalue weighted by Crippen LogP contribution is -1.95. The average molecular weight is 318 g/mol. The standard InChI is InChI=1S/C20H14O2S/c1-22-17-11-10-13-6-2-3-7-14(13)16(17)12-19-20(21)15-8-4-5-9-18(15)23-19/h2-12H,1H3/b19-12+. The van der Waals surface area contributed by atoms with E-state index in [1.54, 1.807) is 7.11 Å². The molecule has 0 aliphatic carbocycles. The zero-order valence-corrected chi connectivity index (χ0v) is 13.4. The second-order valence-electron chi connectivity index (χ2n) is 5.34. The predicted molar refractivity (Wildman–Crippen MR) is 95.1 cm³/mol. The second kappa shape index (κ2) is 5.60. The molecule has 3 aromatic carbocycles. The average Bonchev–Trinajstić information content (AvgIpc) is 2.91. The molecular weight excluding hydrogens is 304 g/mol. The van der Waals surface area contributed by atoms with Gasteiger partial charge < -0.3 is 4.74 Å². The first-order valence-corrected chi connectivity index (χ1v) is 8.18. The Morgan fingerprint density at radius 3 is 2.57 bits per heavy atom. The van der Waals surface area contributed by atoms with Crippen LogP contribution in [0.5, 0.6) is 5.75 Å². The minimum atomic E-state index is 0.0839. The summed E-state index contributed by atoms with van der Waals surface area (Å²) in [7, 11) is 1.66. The highest BCUT2D eigenvalue weighted by atomic mass is 32.2. The van der Waals surface area contributed by atoms with Gasteiger partial charge in [0.25, 0.3) is 0 Å². The third-order valence-electron chi connectivity index (χ3n) is 4.00. The van der Waals surface area contributed by atoms with Crippen LogP contribution in [0.25, 0.3) is 16.8 Å². The van der Waals surface area contributed by atoms with Gasteiger partial charge in [-0.15, -0.1) is 0 Å². The molecule has 0 radical (unpaired) electrons. The number of Topliss-reactive ketones (excluding diaryl/α,β-unsaturated/α-hetero) is 1. The topological polar surface area (TPSA) is 26.3 Å². The van der Waals surface area contributed by atoms with Crippen molar-refractivity contribution in [2.75, 3.05) is 7.11 Å². The molecule has 0 N–H and O–H groups in total. The summed E-state index contributed by atoms with van der Waals surface area (Å²) < 4.78 is 5.51. The van der Waals surface area contributed by atoms with Gasteiger partial charge in [0.2, 0.25) is 5.78 Å². The number of rotatable bonds is 2. The summed E-state index contributed by atoms with van der Waals surface area (Å²) >= 11 is 1.52. The molecule has 0 spiro atoms. The Balaban J connectivity index is 1.89. The molecule has 3 heteroatoms. The Kier molecular flexibility index (Phi) is 3.43. The van der Waals surface area contributed by atoms with Gasteiger partial charge >= 0.3 is 0 Å². The van der Waals surface area contributed by atoms with Crippen LogP contribution in [0.4, 0.5) is 0 Å². The van der Waals surface area contributed by atoms with Gasteiger partial charge in [0.15, 0.2) is 0 Å². The van der Waals surface area contributed by atoms with Crippen LogP contribution >= 0.6 is 11.8 Å². The lowest BCUT2D eigenvalue weighted by atomic mass is 10.0. The third-order valence-corrected chi connectivity index (χ3v) is 5.10. The minimum absolute atomic E-state index is 0.0839. The molecule has 0 fully saturated rings. The van der Waals surface area contributed by atoms with Gasteiger partial charge in [0.1, 0.15) is 5.75 Å². The van der Waals surface area contributed by atoms with Crippen molar-refractivity contribution in [2.24, 2.45) is 0 Å². The highest BCUT2D eigenvalue weighted by Crippen LogP contribution is 2.42. The number of carbonyl (C=O) groups excluding carboxylic acids is 1. The second-order valence-corrected chi connectivity index (χ2v) is 6.42. The predicted octanol–water partition coefficient (Wildman–Crippen LogP) is 5.18. The summed E-state index contributed by atoms with van der Waals surface area (Å²) in [6, 6.07) is 19.8. The number of methoxy groups -OCH3 is 1. The van der Waals surface area contributed by atoms with Crippen molar-refractivity contribution in [2.45, 2.75) is 4.90 Å². The first kappa shape index (κ1) is 14.1. The first-order valence-electron chi connectivity index (χ1n) is 7.37. The maximum Gasteiger partial charge on any atom is 0.200 e. The number of allylic oxidation sites excluding steroid dienone is 1. The lowest BCUT2D eigenvalue weighted by Gasteiger charge is -2.09. The molecule has 0 unspecified atom stereocenters. The summed E-state index contributed by atoms with van der Waals surface area (Å²) in [5.41, 5.74) is 1.73. The Labute approximate surface area is 138 Å². The number of carbonyl (C=O) groups is 1. The van der Waals surface area contributed by atoms with Crippen molar-refractivity contribution in [1.82, 2.24) is 0 Å². The van der Waals surface area contributed by atoms with Crippen LogP contribution in [0.3, 0.4) is 0 Å². The van der Waals surface area contributed by atoms with E-state index in [2.05, 4.69) is 12.1 Å². The molecule has 2 nitrogen and oxygen atoms in total. The van der Waals surface area contributed by atoms with Gasteiger partial charge in [-0.2, -0.15) is 0 Å². The quantitative estimate of drug-likeness (QED) is 0.609. The molecule has 0 aromatic heterocycles. The van der Waals surface area contributed by atoms with Crippen molar-refractivity contribution in [1.29, 1.82) is 0 Å². The van der Waals surface area contributed by atoms with Gasteiger partial charge in [-0.25, -0.2) is 0 Å². The Morgan fingerprint density at radius 1 is 0.957 bits per heavy atom. The van der Waals surface area contributed by atoms with Gasteiger partial charge in [0.05, 0.1) is 12.0 Å². The fraction of sp³-hybridized carbons (Fsp3) is 0.0500. The maximum absolute atomic E-state index is 12.6. The van der Waals surface area contributed by atoms with Crippen LogP contribution in [0.15, 0.2) is 70.5 Å². The van der Waals surface area contributed by atoms with Gasteiger partial charge in [0, 0.05) is 16.0 Å². The zero-order valence-electron chi connectivity index (χ0n) is 12.6. The van der Waals surface area contributed by atoms with E-state index in [1.165, 1.54) is 11.8 Å². The molecule has 0 bridgehead atoms. The third kappa shape index (κ3) is 2.34. The van der Waals surface area contributed by atoms with E-state index in [-0.39, 0.29) is 5.78 Å². The van der Waals surface area contributed by atoms with E-state index in [1.807, 2.05) is 54.6 Å². The molecule has 23 heavy (non-hydrogen) atoms. The van der Waals surface area contributed by atoms with Crippen molar-refractivity contribution < 1.29 is 9.53 Å². The SMILES string of the molecule is COc1ccc2ccccc2c1/C=C1/Sc2ccccc2C1=O. The summed E-state index contributed by atoms with van der Waals surface area (Å²) in [6.45, 7) is 0. The molecule has 112 valence electrons. The summed E-state index contributed by atoms with van der Waals surface area (Å²) in [5, 5.41) is 2.22. The molecule has 0 atom stereocenters. The highest BCUT2D eigenvalue weighted by molar-refractivity contribution is 8.04. The monoisotopic (exact) mass is 318 g/mol. The number of thioether (sulfide) groups is 1. The molecule has 0 amide bonds. The van der Waals surface area contributed by atoms with E-state index in [9.17, 15) is 4.79 Å². The van der Waals surface area contributed by atoms with Crippen LogP contribution in [-0.2, 0) is 0 Å². The molecule has 1 heterocycles. The molecule has 3 aromatic rings. The largest absolute Gasteiger partial charge is 0.496 e. The number of hydrogen-bond donors (Lipinski definition) is 0. The van der Waals surface area contributed by atoms with Gasteiger partial charge in [-0.3, -0.25) is 4.79 Å². The van der Waals surface area contributed by atoms with Crippen LogP contribution < -0.4 is 4.74 Å². The van der Waals surface area contributed by atoms with E-state index in [4.69, 9.17) is 4.74 Å². The number of hydrogen-bond acceptors (Lipinski definition) is 3. The van der Waals surface area contributed by atoms with Gasteiger partial charge in [-0.05, 0) is 35.0 Å². The Hall–Kier alpha value is -2.52. The highest BCUT2D eigenvalue weighted by Gasteiger charge is 2.25. The number of ether oxygens (including phenoxy) is 1. The Morgan fingerprint density at radius 2 is 1.74 bits per heavy atom. The zero-order chi connectivity index (χ0) is 15.8. The number of ketones is 1. The van der Waals surface area contributed by atoms with Crippen molar-refractivity contribution >= 4 is 34.4 Å². The fourth-order valence-corrected chi connectivity index (χ4v) is 3.90. The van der Waals surface area contributed by atoms with Crippen molar-refractivity contribution in [3.05, 3.63) is 76.7 Å². The molecule has 1 aliphatic rings. The van der Waals surface area contributed by atoms with E-state index in [0.717, 1.165) is 37.4 Å². The van der Waals surface area contributed by atoms with Crippen molar-refractivity contribution in [3.8, 4) is 5.75 Å². The number of fused-ring (bicyclic) bond motifs is 2. The van der Waals surface area contributed by atoms with Crippen LogP contribution in [-0.4, -0.2) is 12.9 Å². The van der Waals surface area contributed by atoms with E-state index >= 15 is 0 Å². The smallest absolute Gasteiger partial charge is 0.200 e. The Bertz CT molecular complexity index is 957. The number of benzene rings is 3. The fourth-order valence-electron chi connectivity index (χ4n) is 2.87. The summed E-state index contributed by atoms with van der Waals surface area (Å²) in [6.07, 6.45) is 1.95. The molecule has 0 saturated heterocycles. The lowest BCUT2D eigenvalue weighted by molar-refractivity contribution is 0.104. The van der Waals surface area contributed by atoms with Crippen LogP contribution in [0, 0.1) is 0 Å². The minimum Gasteiger partial charge on any atom is -0.496 e. The first-order chi connectivity index (χ1) is 11.3. The van der Waals surface area contributed by atoms with E-state index < -0.39 is 0 Å². The summed E-state index contributed by atoms with van der Waals surface area (Å²) in [5.74, 6) is 0.862. The van der Waals surface area contributed by atoms with E-state index in [0.29, 0.717) is 0 Å². The normalized spacial score (nSPS) is 15.2.